The van der Waals surface area contributed by atoms with Crippen molar-refractivity contribution in [2.45, 2.75) is 17.3 Å². The Hall–Kier alpha value is -1.47. The molecular weight excluding hydrogens is 345 g/mol. The van der Waals surface area contributed by atoms with E-state index in [9.17, 15) is 9.18 Å². The van der Waals surface area contributed by atoms with E-state index in [0.29, 0.717) is 9.63 Å². The first-order chi connectivity index (χ1) is 9.56. The summed E-state index contributed by atoms with van der Waals surface area (Å²) in [6, 6.07) is 6.17. The molecule has 0 saturated carbocycles. The number of hydrogen-bond acceptors (Lipinski definition) is 4. The zero-order chi connectivity index (χ0) is 14.5. The van der Waals surface area contributed by atoms with Crippen LogP contribution in [-0.2, 0) is 4.79 Å². The number of halogens is 2. The number of aromatic nitrogens is 2. The van der Waals surface area contributed by atoms with Crippen molar-refractivity contribution >= 4 is 39.3 Å². The third-order valence-electron chi connectivity index (χ3n) is 2.38. The van der Waals surface area contributed by atoms with Crippen molar-refractivity contribution in [2.75, 3.05) is 5.32 Å². The summed E-state index contributed by atoms with van der Waals surface area (Å²) in [5, 5.41) is 2.62. The van der Waals surface area contributed by atoms with Gasteiger partial charge in [-0.25, -0.2) is 14.4 Å². The molecular formula is C13H11BrFN3OS. The van der Waals surface area contributed by atoms with E-state index in [0.717, 1.165) is 0 Å². The summed E-state index contributed by atoms with van der Waals surface area (Å²) in [6.07, 6.45) is 3.21. The molecule has 104 valence electrons. The highest BCUT2D eigenvalue weighted by molar-refractivity contribution is 9.10. The van der Waals surface area contributed by atoms with Crippen LogP contribution in [0.4, 0.5) is 10.1 Å². The van der Waals surface area contributed by atoms with Crippen molar-refractivity contribution in [3.05, 3.63) is 46.9 Å². The Balaban J connectivity index is 2.01. The molecule has 1 N–H and O–H groups in total. The molecule has 0 bridgehead atoms. The smallest absolute Gasteiger partial charge is 0.237 e. The van der Waals surface area contributed by atoms with Crippen LogP contribution in [0.3, 0.4) is 0 Å². The highest BCUT2D eigenvalue weighted by Crippen LogP contribution is 2.22. The number of nitrogens with zero attached hydrogens (tertiary/aromatic N) is 2. The Morgan fingerprint density at radius 2 is 2.10 bits per heavy atom. The summed E-state index contributed by atoms with van der Waals surface area (Å²) in [5.41, 5.74) is 0.152. The van der Waals surface area contributed by atoms with Gasteiger partial charge in [0.1, 0.15) is 5.82 Å². The molecule has 4 nitrogen and oxygen atoms in total. The van der Waals surface area contributed by atoms with Gasteiger partial charge in [0.05, 0.1) is 10.9 Å². The summed E-state index contributed by atoms with van der Waals surface area (Å²) >= 11 is 4.38. The summed E-state index contributed by atoms with van der Waals surface area (Å²) < 4.78 is 14.2. The van der Waals surface area contributed by atoms with Gasteiger partial charge in [0.2, 0.25) is 5.91 Å². The number of thioether (sulfide) groups is 1. The van der Waals surface area contributed by atoms with E-state index in [1.165, 1.54) is 23.9 Å². The van der Waals surface area contributed by atoms with Crippen LogP contribution in [0.1, 0.15) is 6.92 Å². The molecule has 0 aliphatic heterocycles. The lowest BCUT2D eigenvalue weighted by Crippen LogP contribution is -2.23. The number of carbonyl (C=O) groups excluding carboxylic acids is 1. The zero-order valence-electron chi connectivity index (χ0n) is 10.5. The van der Waals surface area contributed by atoms with Gasteiger partial charge in [0.25, 0.3) is 0 Å². The fourth-order valence-electron chi connectivity index (χ4n) is 1.38. The van der Waals surface area contributed by atoms with E-state index in [4.69, 9.17) is 0 Å². The molecule has 7 heteroatoms. The van der Waals surface area contributed by atoms with Gasteiger partial charge in [-0.1, -0.05) is 27.7 Å². The van der Waals surface area contributed by atoms with Crippen LogP contribution in [0.15, 0.2) is 46.3 Å². The molecule has 1 heterocycles. The SMILES string of the molecule is C[C@@H](Sc1ncccn1)C(=O)Nc1ccc(Br)cc1F. The summed E-state index contributed by atoms with van der Waals surface area (Å²) in [5.74, 6) is -0.787. The fourth-order valence-corrected chi connectivity index (χ4v) is 2.44. The van der Waals surface area contributed by atoms with Crippen LogP contribution in [0.25, 0.3) is 0 Å². The number of anilines is 1. The minimum atomic E-state index is -0.485. The third kappa shape index (κ3) is 4.01. The first-order valence-electron chi connectivity index (χ1n) is 5.76. The molecule has 20 heavy (non-hydrogen) atoms. The molecule has 1 aromatic carbocycles. The number of carbonyl (C=O) groups is 1. The third-order valence-corrected chi connectivity index (χ3v) is 3.87. The molecule has 1 amide bonds. The van der Waals surface area contributed by atoms with Gasteiger partial charge in [-0.05, 0) is 31.2 Å². The van der Waals surface area contributed by atoms with Crippen LogP contribution in [-0.4, -0.2) is 21.1 Å². The predicted octanol–water partition coefficient (Wildman–Crippen LogP) is 3.50. The van der Waals surface area contributed by atoms with Gasteiger partial charge < -0.3 is 5.32 Å². The maximum Gasteiger partial charge on any atom is 0.237 e. The highest BCUT2D eigenvalue weighted by atomic mass is 79.9. The van der Waals surface area contributed by atoms with Crippen LogP contribution >= 0.6 is 27.7 Å². The Bertz CT molecular complexity index is 612. The number of nitrogens with one attached hydrogen (secondary N) is 1. The van der Waals surface area contributed by atoms with Gasteiger partial charge in [0.15, 0.2) is 5.16 Å². The van der Waals surface area contributed by atoms with Crippen molar-refractivity contribution in [2.24, 2.45) is 0 Å². The van der Waals surface area contributed by atoms with E-state index in [2.05, 4.69) is 31.2 Å². The Labute approximate surface area is 128 Å². The quantitative estimate of drug-likeness (QED) is 0.673. The average Bonchev–Trinajstić information content (AvgIpc) is 2.43. The number of amides is 1. The maximum absolute atomic E-state index is 13.6. The van der Waals surface area contributed by atoms with Crippen LogP contribution in [0.2, 0.25) is 0 Å². The van der Waals surface area contributed by atoms with Crippen molar-refractivity contribution < 1.29 is 9.18 Å². The number of rotatable bonds is 4. The molecule has 0 fully saturated rings. The Kier molecular flexibility index (Phi) is 5.08. The molecule has 2 rings (SSSR count). The van der Waals surface area contributed by atoms with Crippen LogP contribution in [0.5, 0.6) is 0 Å². The van der Waals surface area contributed by atoms with Crippen molar-refractivity contribution in [3.8, 4) is 0 Å². The lowest BCUT2D eigenvalue weighted by molar-refractivity contribution is -0.115. The van der Waals surface area contributed by atoms with Crippen molar-refractivity contribution in [1.29, 1.82) is 0 Å². The Morgan fingerprint density at radius 3 is 2.75 bits per heavy atom. The number of hydrogen-bond donors (Lipinski definition) is 1. The van der Waals surface area contributed by atoms with E-state index < -0.39 is 11.1 Å². The molecule has 0 aliphatic rings. The standard InChI is InChI=1S/C13H11BrFN3OS/c1-8(20-13-16-5-2-6-17-13)12(19)18-11-4-3-9(14)7-10(11)15/h2-8H,1H3,(H,18,19)/t8-/m1/s1. The van der Waals surface area contributed by atoms with Gasteiger partial charge in [-0.15, -0.1) is 0 Å². The molecule has 0 radical (unpaired) electrons. The lowest BCUT2D eigenvalue weighted by atomic mass is 10.3. The minimum absolute atomic E-state index is 0.152. The second kappa shape index (κ2) is 6.81. The van der Waals surface area contributed by atoms with Crippen LogP contribution < -0.4 is 5.32 Å². The molecule has 0 unspecified atom stereocenters. The second-order valence-electron chi connectivity index (χ2n) is 3.90. The molecule has 1 aromatic heterocycles. The highest BCUT2D eigenvalue weighted by Gasteiger charge is 2.17. The monoisotopic (exact) mass is 355 g/mol. The first kappa shape index (κ1) is 14.9. The molecule has 0 spiro atoms. The minimum Gasteiger partial charge on any atom is -0.323 e. The molecule has 0 saturated heterocycles. The van der Waals surface area contributed by atoms with Crippen molar-refractivity contribution in [3.63, 3.8) is 0 Å². The fraction of sp³-hybridized carbons (Fsp3) is 0.154. The average molecular weight is 356 g/mol. The second-order valence-corrected chi connectivity index (χ2v) is 6.13. The molecule has 2 aromatic rings. The van der Waals surface area contributed by atoms with E-state index in [1.54, 1.807) is 31.5 Å². The summed E-state index contributed by atoms with van der Waals surface area (Å²) in [7, 11) is 0. The van der Waals surface area contributed by atoms with E-state index in [1.807, 2.05) is 0 Å². The van der Waals surface area contributed by atoms with Crippen LogP contribution in [0, 0.1) is 5.82 Å². The largest absolute Gasteiger partial charge is 0.323 e. The predicted molar refractivity (Wildman–Crippen MR) is 80.1 cm³/mol. The summed E-state index contributed by atoms with van der Waals surface area (Å²) in [6.45, 7) is 1.72. The summed E-state index contributed by atoms with van der Waals surface area (Å²) in [4.78, 5) is 20.0. The Morgan fingerprint density at radius 1 is 1.40 bits per heavy atom. The van der Waals surface area contributed by atoms with Gasteiger partial charge in [0, 0.05) is 16.9 Å². The molecule has 1 atom stereocenters. The van der Waals surface area contributed by atoms with Gasteiger partial charge in [-0.2, -0.15) is 0 Å². The van der Waals surface area contributed by atoms with E-state index in [-0.39, 0.29) is 11.6 Å². The lowest BCUT2D eigenvalue weighted by Gasteiger charge is -2.11. The normalized spacial score (nSPS) is 11.9. The van der Waals surface area contributed by atoms with Crippen molar-refractivity contribution in [1.82, 2.24) is 9.97 Å². The first-order valence-corrected chi connectivity index (χ1v) is 7.43. The number of benzene rings is 1. The van der Waals surface area contributed by atoms with Gasteiger partial charge >= 0.3 is 0 Å². The topological polar surface area (TPSA) is 54.9 Å². The zero-order valence-corrected chi connectivity index (χ0v) is 12.9. The molecule has 0 aliphatic carbocycles. The maximum atomic E-state index is 13.6. The van der Waals surface area contributed by atoms with E-state index >= 15 is 0 Å². The van der Waals surface area contributed by atoms with Gasteiger partial charge in [-0.3, -0.25) is 4.79 Å².